The molecular formula is C20H23Cl. The summed E-state index contributed by atoms with van der Waals surface area (Å²) in [5, 5.41) is 0.144. The quantitative estimate of drug-likeness (QED) is 0.595. The van der Waals surface area contributed by atoms with Crippen molar-refractivity contribution in [1.82, 2.24) is 0 Å². The second kappa shape index (κ2) is 6.23. The molecule has 0 bridgehead atoms. The lowest BCUT2D eigenvalue weighted by atomic mass is 9.81. The van der Waals surface area contributed by atoms with Crippen LogP contribution in [0.2, 0.25) is 0 Å². The highest BCUT2D eigenvalue weighted by molar-refractivity contribution is 6.21. The topological polar surface area (TPSA) is 0 Å². The van der Waals surface area contributed by atoms with Crippen LogP contribution in [0.25, 0.3) is 0 Å². The van der Waals surface area contributed by atoms with E-state index in [1.54, 1.807) is 0 Å². The van der Waals surface area contributed by atoms with Crippen LogP contribution >= 0.6 is 11.6 Å². The zero-order chi connectivity index (χ0) is 14.7. The van der Waals surface area contributed by atoms with E-state index in [1.807, 2.05) is 0 Å². The summed E-state index contributed by atoms with van der Waals surface area (Å²) in [4.78, 5) is 0. The molecule has 1 aliphatic carbocycles. The number of alkyl halides is 1. The number of halogens is 1. The van der Waals surface area contributed by atoms with Crippen LogP contribution in [0.3, 0.4) is 0 Å². The fraction of sp³-hybridized carbons (Fsp3) is 0.400. The minimum Gasteiger partial charge on any atom is -0.117 e. The molecule has 21 heavy (non-hydrogen) atoms. The van der Waals surface area contributed by atoms with Gasteiger partial charge in [-0.2, -0.15) is 0 Å². The van der Waals surface area contributed by atoms with Crippen LogP contribution in [0, 0.1) is 5.41 Å². The molecule has 0 amide bonds. The van der Waals surface area contributed by atoms with Gasteiger partial charge in [0.05, 0.1) is 5.38 Å². The van der Waals surface area contributed by atoms with E-state index in [0.717, 1.165) is 6.42 Å². The van der Waals surface area contributed by atoms with E-state index in [4.69, 9.17) is 11.6 Å². The molecule has 0 radical (unpaired) electrons. The summed E-state index contributed by atoms with van der Waals surface area (Å²) < 4.78 is 0. The molecule has 3 rings (SSSR count). The SMILES string of the molecule is CC1(C(Cl)c2ccc(Cc3ccccc3)cc2)CCCC1. The molecule has 0 N–H and O–H groups in total. The molecule has 2 aromatic carbocycles. The van der Waals surface area contributed by atoms with Gasteiger partial charge in [-0.1, -0.05) is 74.4 Å². The second-order valence-electron chi connectivity index (χ2n) is 6.63. The maximum absolute atomic E-state index is 6.77. The minimum atomic E-state index is 0.144. The van der Waals surface area contributed by atoms with Crippen molar-refractivity contribution >= 4 is 11.6 Å². The third-order valence-corrected chi connectivity index (χ3v) is 5.66. The maximum atomic E-state index is 6.77. The largest absolute Gasteiger partial charge is 0.117 e. The Morgan fingerprint density at radius 1 is 0.905 bits per heavy atom. The van der Waals surface area contributed by atoms with Crippen molar-refractivity contribution in [3.63, 3.8) is 0 Å². The first-order chi connectivity index (χ1) is 10.2. The summed E-state index contributed by atoms with van der Waals surface area (Å²) in [5.74, 6) is 0. The maximum Gasteiger partial charge on any atom is 0.0638 e. The highest BCUT2D eigenvalue weighted by atomic mass is 35.5. The fourth-order valence-corrected chi connectivity index (χ4v) is 3.84. The van der Waals surface area contributed by atoms with Crippen LogP contribution < -0.4 is 0 Å². The second-order valence-corrected chi connectivity index (χ2v) is 7.06. The van der Waals surface area contributed by atoms with Crippen LogP contribution in [0.4, 0.5) is 0 Å². The van der Waals surface area contributed by atoms with Crippen LogP contribution in [-0.4, -0.2) is 0 Å². The summed E-state index contributed by atoms with van der Waals surface area (Å²) in [6.45, 7) is 2.34. The van der Waals surface area contributed by atoms with Crippen molar-refractivity contribution in [2.24, 2.45) is 5.41 Å². The summed E-state index contributed by atoms with van der Waals surface area (Å²) in [5.41, 5.74) is 4.27. The van der Waals surface area contributed by atoms with E-state index in [1.165, 1.54) is 42.4 Å². The van der Waals surface area contributed by atoms with Gasteiger partial charge in [0, 0.05) is 0 Å². The summed E-state index contributed by atoms with van der Waals surface area (Å²) in [6.07, 6.45) is 6.16. The van der Waals surface area contributed by atoms with Gasteiger partial charge < -0.3 is 0 Å². The predicted octanol–water partition coefficient (Wildman–Crippen LogP) is 6.14. The predicted molar refractivity (Wildman–Crippen MR) is 90.9 cm³/mol. The van der Waals surface area contributed by atoms with Gasteiger partial charge in [-0.05, 0) is 41.4 Å². The standard InChI is InChI=1S/C20H23Cl/c1-20(13-5-6-14-20)19(21)18-11-9-17(10-12-18)15-16-7-3-2-4-8-16/h2-4,7-12,19H,5-6,13-15H2,1H3. The molecule has 0 aromatic heterocycles. The highest BCUT2D eigenvalue weighted by Gasteiger charge is 2.36. The van der Waals surface area contributed by atoms with Gasteiger partial charge in [-0.3, -0.25) is 0 Å². The molecule has 0 heterocycles. The normalized spacial score (nSPS) is 18.6. The highest BCUT2D eigenvalue weighted by Crippen LogP contribution is 2.50. The average Bonchev–Trinajstić information content (AvgIpc) is 2.96. The molecule has 1 atom stereocenters. The molecule has 0 aliphatic heterocycles. The lowest BCUT2D eigenvalue weighted by molar-refractivity contribution is 0.322. The van der Waals surface area contributed by atoms with E-state index < -0.39 is 0 Å². The van der Waals surface area contributed by atoms with Gasteiger partial charge >= 0.3 is 0 Å². The zero-order valence-electron chi connectivity index (χ0n) is 12.7. The molecule has 0 spiro atoms. The Balaban J connectivity index is 1.72. The molecular weight excluding hydrogens is 276 g/mol. The third kappa shape index (κ3) is 3.32. The van der Waals surface area contributed by atoms with Crippen molar-refractivity contribution in [3.8, 4) is 0 Å². The van der Waals surface area contributed by atoms with Gasteiger partial charge in [0.25, 0.3) is 0 Å². The van der Waals surface area contributed by atoms with Crippen LogP contribution in [0.5, 0.6) is 0 Å². The first-order valence-electron chi connectivity index (χ1n) is 7.94. The van der Waals surface area contributed by atoms with Crippen molar-refractivity contribution in [2.75, 3.05) is 0 Å². The van der Waals surface area contributed by atoms with E-state index >= 15 is 0 Å². The summed E-state index contributed by atoms with van der Waals surface area (Å²) in [7, 11) is 0. The van der Waals surface area contributed by atoms with E-state index in [2.05, 4.69) is 61.5 Å². The van der Waals surface area contributed by atoms with Crippen LogP contribution in [-0.2, 0) is 6.42 Å². The first kappa shape index (κ1) is 14.7. The Bertz CT molecular complexity index is 565. The van der Waals surface area contributed by atoms with Crippen molar-refractivity contribution in [3.05, 3.63) is 71.3 Å². The number of rotatable bonds is 4. The van der Waals surface area contributed by atoms with E-state index in [0.29, 0.717) is 0 Å². The van der Waals surface area contributed by atoms with E-state index in [9.17, 15) is 0 Å². The summed E-state index contributed by atoms with van der Waals surface area (Å²) >= 11 is 6.77. The number of benzene rings is 2. The van der Waals surface area contributed by atoms with Gasteiger partial charge in [0.15, 0.2) is 0 Å². The van der Waals surface area contributed by atoms with Crippen molar-refractivity contribution < 1.29 is 0 Å². The molecule has 1 aliphatic rings. The Morgan fingerprint density at radius 3 is 2.10 bits per heavy atom. The smallest absolute Gasteiger partial charge is 0.0638 e. The number of hydrogen-bond acceptors (Lipinski definition) is 0. The molecule has 110 valence electrons. The Hall–Kier alpha value is -1.27. The lowest BCUT2D eigenvalue weighted by Gasteiger charge is -2.29. The molecule has 0 saturated heterocycles. The van der Waals surface area contributed by atoms with Gasteiger partial charge in [-0.15, -0.1) is 11.6 Å². The molecule has 1 heteroatoms. The number of hydrogen-bond donors (Lipinski definition) is 0. The van der Waals surface area contributed by atoms with E-state index in [-0.39, 0.29) is 10.8 Å². The van der Waals surface area contributed by atoms with Crippen molar-refractivity contribution in [2.45, 2.75) is 44.4 Å². The Morgan fingerprint density at radius 2 is 1.48 bits per heavy atom. The molecule has 1 saturated carbocycles. The Kier molecular flexibility index (Phi) is 4.35. The van der Waals surface area contributed by atoms with Gasteiger partial charge in [0.1, 0.15) is 0 Å². The lowest BCUT2D eigenvalue weighted by Crippen LogP contribution is -2.17. The van der Waals surface area contributed by atoms with Crippen molar-refractivity contribution in [1.29, 1.82) is 0 Å². The monoisotopic (exact) mass is 298 g/mol. The molecule has 2 aromatic rings. The van der Waals surface area contributed by atoms with Crippen LogP contribution in [0.15, 0.2) is 54.6 Å². The Labute approximate surface area is 133 Å². The fourth-order valence-electron chi connectivity index (χ4n) is 3.47. The minimum absolute atomic E-state index is 0.144. The molecule has 1 fully saturated rings. The molecule has 1 unspecified atom stereocenters. The summed E-state index contributed by atoms with van der Waals surface area (Å²) in [6, 6.07) is 19.5. The van der Waals surface area contributed by atoms with Gasteiger partial charge in [-0.25, -0.2) is 0 Å². The van der Waals surface area contributed by atoms with Crippen LogP contribution in [0.1, 0.15) is 54.7 Å². The average molecular weight is 299 g/mol. The van der Waals surface area contributed by atoms with Gasteiger partial charge in [0.2, 0.25) is 0 Å². The molecule has 0 nitrogen and oxygen atoms in total. The third-order valence-electron chi connectivity index (χ3n) is 4.88. The zero-order valence-corrected chi connectivity index (χ0v) is 13.4. The first-order valence-corrected chi connectivity index (χ1v) is 8.38.